The van der Waals surface area contributed by atoms with Gasteiger partial charge in [-0.15, -0.1) is 0 Å². The zero-order valence-electron chi connectivity index (χ0n) is 17.4. The monoisotopic (exact) mass is 556 g/mol. The lowest BCUT2D eigenvalue weighted by Gasteiger charge is -2.15. The maximum absolute atomic E-state index is 14.9. The molecule has 0 aliphatic heterocycles. The molecule has 1 unspecified atom stereocenters. The molecule has 3 heterocycles. The van der Waals surface area contributed by atoms with Gasteiger partial charge in [0.25, 0.3) is 15.4 Å². The number of pyridine rings is 1. The van der Waals surface area contributed by atoms with E-state index < -0.39 is 27.5 Å². The van der Waals surface area contributed by atoms with Crippen LogP contribution in [0.2, 0.25) is 0 Å². The van der Waals surface area contributed by atoms with Gasteiger partial charge in [0.1, 0.15) is 11.5 Å². The molecule has 0 radical (unpaired) electrons. The summed E-state index contributed by atoms with van der Waals surface area (Å²) >= 11 is 4.68. The van der Waals surface area contributed by atoms with Crippen LogP contribution in [-0.2, 0) is 16.6 Å². The first kappa shape index (κ1) is 23.5. The molecule has 0 aromatic carbocycles. The van der Waals surface area contributed by atoms with E-state index in [0.717, 1.165) is 9.01 Å². The Morgan fingerprint density at radius 3 is 2.88 bits per heavy atom. The molecule has 3 aromatic rings. The van der Waals surface area contributed by atoms with Crippen LogP contribution in [0.3, 0.4) is 0 Å². The summed E-state index contributed by atoms with van der Waals surface area (Å²) in [5.74, 6) is -1.33. The molecule has 13 heteroatoms. The van der Waals surface area contributed by atoms with Crippen LogP contribution in [0.25, 0.3) is 12.2 Å². The largest absolute Gasteiger partial charge is 0.462 e. The number of fused-ring (bicyclic) bond motifs is 1. The molecule has 0 spiro atoms. The lowest BCUT2D eigenvalue weighted by Crippen LogP contribution is -2.39. The van der Waals surface area contributed by atoms with E-state index in [1.54, 1.807) is 19.2 Å². The molecule has 1 atom stereocenters. The average Bonchev–Trinajstić information content (AvgIpc) is 3.17. The van der Waals surface area contributed by atoms with Crippen molar-refractivity contribution in [3.63, 3.8) is 0 Å². The van der Waals surface area contributed by atoms with Gasteiger partial charge in [-0.2, -0.15) is 8.42 Å². The molecular formula is C20H18BrFN4O5S2. The zero-order chi connectivity index (χ0) is 23.8. The van der Waals surface area contributed by atoms with Gasteiger partial charge in [0.15, 0.2) is 11.6 Å². The predicted molar refractivity (Wildman–Crippen MR) is 125 cm³/mol. The van der Waals surface area contributed by atoms with Crippen molar-refractivity contribution in [3.8, 4) is 5.19 Å². The SMILES string of the molecule is CNS(=O)(=O)Nc1nccc(Cc2c(C)c3c(oc2=O)=CC(Oc2ncc(Br)s2)CC=3)c1F. The summed E-state index contributed by atoms with van der Waals surface area (Å²) in [5.41, 5.74) is 0.799. The number of nitrogens with zero attached hydrogens (tertiary/aromatic N) is 2. The van der Waals surface area contributed by atoms with Crippen LogP contribution >= 0.6 is 27.3 Å². The molecule has 174 valence electrons. The number of ether oxygens (including phenoxy) is 1. The summed E-state index contributed by atoms with van der Waals surface area (Å²) in [7, 11) is -2.76. The highest BCUT2D eigenvalue weighted by Crippen LogP contribution is 2.27. The Hall–Kier alpha value is -2.61. The maximum Gasteiger partial charge on any atom is 0.340 e. The summed E-state index contributed by atoms with van der Waals surface area (Å²) in [4.78, 5) is 20.6. The summed E-state index contributed by atoms with van der Waals surface area (Å²) in [6.45, 7) is 1.76. The van der Waals surface area contributed by atoms with Crippen LogP contribution in [0.1, 0.15) is 23.1 Å². The first-order valence-electron chi connectivity index (χ1n) is 9.64. The summed E-state index contributed by atoms with van der Waals surface area (Å²) < 4.78 is 54.5. The van der Waals surface area contributed by atoms with E-state index in [1.807, 2.05) is 15.5 Å². The standard InChI is InChI=1S/C20H18BrFN4O5S2/c1-10-13-4-3-12(30-20-25-9-16(21)32-20)8-15(13)31-19(27)14(10)7-11-5-6-24-18(17(11)22)26-33(28,29)23-2/h4-6,8-9,12,23H,3,7H2,1-2H3,(H,24,26). The molecule has 4 rings (SSSR count). The van der Waals surface area contributed by atoms with Gasteiger partial charge in [-0.25, -0.2) is 23.9 Å². The van der Waals surface area contributed by atoms with Crippen molar-refractivity contribution >= 4 is 55.4 Å². The molecule has 33 heavy (non-hydrogen) atoms. The van der Waals surface area contributed by atoms with Gasteiger partial charge in [0, 0.05) is 36.9 Å². The summed E-state index contributed by atoms with van der Waals surface area (Å²) in [6.07, 6.45) is 6.64. The topological polar surface area (TPSA) is 123 Å². The predicted octanol–water partition coefficient (Wildman–Crippen LogP) is 1.58. The fourth-order valence-corrected chi connectivity index (χ4v) is 4.90. The third-order valence-corrected chi connectivity index (χ3v) is 7.37. The van der Waals surface area contributed by atoms with E-state index in [0.29, 0.717) is 22.6 Å². The van der Waals surface area contributed by atoms with Crippen LogP contribution in [0.4, 0.5) is 10.2 Å². The minimum atomic E-state index is -3.95. The highest BCUT2D eigenvalue weighted by Gasteiger charge is 2.20. The fraction of sp³-hybridized carbons (Fsp3) is 0.250. The smallest absolute Gasteiger partial charge is 0.340 e. The van der Waals surface area contributed by atoms with Crippen molar-refractivity contribution in [2.45, 2.75) is 25.9 Å². The quantitative estimate of drug-likeness (QED) is 0.452. The van der Waals surface area contributed by atoms with Gasteiger partial charge in [-0.3, -0.25) is 4.72 Å². The van der Waals surface area contributed by atoms with Crippen molar-refractivity contribution in [1.82, 2.24) is 14.7 Å². The third-order valence-electron chi connectivity index (χ3n) is 5.01. The van der Waals surface area contributed by atoms with Crippen molar-refractivity contribution in [1.29, 1.82) is 0 Å². The van der Waals surface area contributed by atoms with E-state index >= 15 is 0 Å². The minimum Gasteiger partial charge on any atom is -0.462 e. The highest BCUT2D eigenvalue weighted by molar-refractivity contribution is 9.11. The molecule has 0 saturated heterocycles. The van der Waals surface area contributed by atoms with Crippen LogP contribution in [-0.4, -0.2) is 31.5 Å². The Balaban J connectivity index is 1.66. The molecule has 1 aliphatic rings. The molecule has 0 saturated carbocycles. The normalized spacial score (nSPS) is 15.3. The minimum absolute atomic E-state index is 0.0923. The second kappa shape index (κ2) is 9.33. The lowest BCUT2D eigenvalue weighted by molar-refractivity contribution is 0.265. The van der Waals surface area contributed by atoms with E-state index in [-0.39, 0.29) is 23.7 Å². The van der Waals surface area contributed by atoms with Gasteiger partial charge in [-0.1, -0.05) is 17.4 Å². The number of hydrogen-bond acceptors (Lipinski definition) is 8. The number of aromatic nitrogens is 2. The lowest BCUT2D eigenvalue weighted by atomic mass is 9.99. The third kappa shape index (κ3) is 5.16. The van der Waals surface area contributed by atoms with Gasteiger partial charge in [-0.05, 0) is 46.1 Å². The van der Waals surface area contributed by atoms with Crippen molar-refractivity contribution in [2.75, 3.05) is 11.8 Å². The van der Waals surface area contributed by atoms with E-state index in [9.17, 15) is 17.6 Å². The van der Waals surface area contributed by atoms with E-state index in [4.69, 9.17) is 9.15 Å². The van der Waals surface area contributed by atoms with E-state index in [2.05, 4.69) is 25.9 Å². The maximum atomic E-state index is 14.9. The van der Waals surface area contributed by atoms with Gasteiger partial charge in [0.2, 0.25) is 0 Å². The van der Waals surface area contributed by atoms with Crippen molar-refractivity contribution < 1.29 is 22.0 Å². The Labute approximate surface area is 200 Å². The highest BCUT2D eigenvalue weighted by atomic mass is 79.9. The van der Waals surface area contributed by atoms with Crippen LogP contribution in [0.5, 0.6) is 5.19 Å². The first-order valence-corrected chi connectivity index (χ1v) is 12.7. The second-order valence-corrected chi connectivity index (χ2v) is 11.1. The number of thiazole rings is 1. The number of anilines is 1. The Morgan fingerprint density at radius 2 is 2.18 bits per heavy atom. The average molecular weight is 557 g/mol. The van der Waals surface area contributed by atoms with Gasteiger partial charge < -0.3 is 9.15 Å². The van der Waals surface area contributed by atoms with Gasteiger partial charge in [0.05, 0.1) is 9.98 Å². The number of nitrogens with one attached hydrogen (secondary N) is 2. The molecular weight excluding hydrogens is 539 g/mol. The second-order valence-electron chi connectivity index (χ2n) is 7.08. The Morgan fingerprint density at radius 1 is 1.39 bits per heavy atom. The number of hydrogen-bond donors (Lipinski definition) is 2. The van der Waals surface area contributed by atoms with Crippen molar-refractivity contribution in [2.24, 2.45) is 0 Å². The molecule has 0 amide bonds. The zero-order valence-corrected chi connectivity index (χ0v) is 20.6. The van der Waals surface area contributed by atoms with Crippen LogP contribution in [0, 0.1) is 12.7 Å². The fourth-order valence-electron chi connectivity index (χ4n) is 3.34. The Bertz CT molecular complexity index is 1500. The first-order chi connectivity index (χ1) is 15.7. The summed E-state index contributed by atoms with van der Waals surface area (Å²) in [5, 5.41) is 1.23. The summed E-state index contributed by atoms with van der Waals surface area (Å²) in [6, 6.07) is 1.39. The van der Waals surface area contributed by atoms with Crippen LogP contribution < -0.4 is 30.4 Å². The number of rotatable bonds is 7. The molecule has 3 aromatic heterocycles. The van der Waals surface area contributed by atoms with Crippen molar-refractivity contribution in [3.05, 3.63) is 65.8 Å². The molecule has 1 aliphatic carbocycles. The molecule has 0 fully saturated rings. The van der Waals surface area contributed by atoms with E-state index in [1.165, 1.54) is 30.6 Å². The van der Waals surface area contributed by atoms with Gasteiger partial charge >= 0.3 is 5.63 Å². The number of halogens is 2. The molecule has 9 nitrogen and oxygen atoms in total. The van der Waals surface area contributed by atoms with Crippen LogP contribution in [0.15, 0.2) is 31.5 Å². The molecule has 0 bridgehead atoms. The Kier molecular flexibility index (Phi) is 6.66. The molecule has 2 N–H and O–H groups in total.